The number of halogens is 2. The molecule has 98 valence electrons. The number of amides is 2. The fraction of sp³-hybridized carbons (Fsp3) is 0.364. The molecule has 1 aromatic carbocycles. The maximum Gasteiger partial charge on any atom is 0.315 e. The molecule has 2 N–H and O–H groups in total. The predicted octanol–water partition coefficient (Wildman–Crippen LogP) is 2.33. The van der Waals surface area contributed by atoms with E-state index in [0.29, 0.717) is 17.9 Å². The van der Waals surface area contributed by atoms with Gasteiger partial charge in [0.25, 0.3) is 0 Å². The normalized spacial score (nSPS) is 19.2. The van der Waals surface area contributed by atoms with Crippen LogP contribution >= 0.6 is 23.2 Å². The van der Waals surface area contributed by atoms with E-state index in [1.54, 1.807) is 0 Å². The molecule has 0 aliphatic carbocycles. The number of urea groups is 1. The summed E-state index contributed by atoms with van der Waals surface area (Å²) in [4.78, 5) is 11.2. The molecule has 2 rings (SSSR count). The fourth-order valence-corrected chi connectivity index (χ4v) is 2.13. The minimum absolute atomic E-state index is 0.0124. The average molecular weight is 292 g/mol. The number of benzene rings is 1. The number of hydrogen-bond acceptors (Lipinski definition) is 3. The molecule has 0 saturated carbocycles. The molecule has 1 aromatic rings. The van der Waals surface area contributed by atoms with Gasteiger partial charge in [-0.2, -0.15) is 0 Å². The van der Waals surface area contributed by atoms with Crippen molar-refractivity contribution in [2.45, 2.75) is 6.04 Å². The second-order valence-electron chi connectivity index (χ2n) is 3.65. The summed E-state index contributed by atoms with van der Waals surface area (Å²) in [7, 11) is 1.48. The second-order valence-corrected chi connectivity index (χ2v) is 4.41. The average Bonchev–Trinajstić information content (AvgIpc) is 2.79. The van der Waals surface area contributed by atoms with Crippen LogP contribution < -0.4 is 15.4 Å². The predicted molar refractivity (Wildman–Crippen MR) is 68.2 cm³/mol. The number of rotatable bonds is 4. The highest BCUT2D eigenvalue weighted by molar-refractivity contribution is 6.42. The van der Waals surface area contributed by atoms with Crippen molar-refractivity contribution < 1.29 is 15.6 Å². The first-order valence-electron chi connectivity index (χ1n) is 5.69. The zero-order chi connectivity index (χ0) is 14.0. The van der Waals surface area contributed by atoms with E-state index < -0.39 is 0 Å². The van der Waals surface area contributed by atoms with Crippen molar-refractivity contribution in [3.63, 3.8) is 0 Å². The number of ether oxygens (including phenoxy) is 2. The van der Waals surface area contributed by atoms with E-state index in [1.165, 1.54) is 13.2 Å². The Morgan fingerprint density at radius 1 is 1.61 bits per heavy atom. The van der Waals surface area contributed by atoms with Gasteiger partial charge in [0.15, 0.2) is 6.79 Å². The Labute approximate surface area is 116 Å². The van der Waals surface area contributed by atoms with Crippen molar-refractivity contribution in [2.24, 2.45) is 0 Å². The molecule has 1 heterocycles. The van der Waals surface area contributed by atoms with Crippen molar-refractivity contribution in [1.29, 1.82) is 0 Å². The molecule has 0 spiro atoms. The molecule has 7 heteroatoms. The monoisotopic (exact) mass is 291 g/mol. The van der Waals surface area contributed by atoms with Crippen LogP contribution in [-0.2, 0) is 4.74 Å². The Balaban J connectivity index is 2.43. The van der Waals surface area contributed by atoms with Gasteiger partial charge in [-0.1, -0.05) is 23.2 Å². The number of nitrogens with one attached hydrogen (secondary N) is 2. The van der Waals surface area contributed by atoms with Crippen molar-refractivity contribution in [3.8, 4) is 5.75 Å². The van der Waals surface area contributed by atoms with Gasteiger partial charge in [-0.05, 0) is 12.1 Å². The molecule has 5 nitrogen and oxygen atoms in total. The van der Waals surface area contributed by atoms with Crippen LogP contribution in [0.3, 0.4) is 0 Å². The summed E-state index contributed by atoms with van der Waals surface area (Å²) in [5.41, 5.74) is 0.540. The van der Waals surface area contributed by atoms with E-state index in [1.807, 2.05) is 0 Å². The van der Waals surface area contributed by atoms with Gasteiger partial charge in [0.05, 0.1) is 17.5 Å². The van der Waals surface area contributed by atoms with Crippen LogP contribution in [0.15, 0.2) is 12.1 Å². The molecule has 1 unspecified atom stereocenters. The first-order valence-corrected chi connectivity index (χ1v) is 5.94. The van der Waals surface area contributed by atoms with Gasteiger partial charge in [0.1, 0.15) is 5.75 Å². The standard InChI is InChI=1S/C11H12Cl2N2O3/c1-17-5-18-8-3-2-6(12)10(13)9(8)7-4-14-11(16)15-7/h2-3,7H,4-5H2,1H3,(H2,14,15,16)/i2D. The van der Waals surface area contributed by atoms with Crippen LogP contribution in [-0.4, -0.2) is 26.5 Å². The fourth-order valence-electron chi connectivity index (χ4n) is 1.69. The minimum Gasteiger partial charge on any atom is -0.467 e. The van der Waals surface area contributed by atoms with Gasteiger partial charge < -0.3 is 20.1 Å². The Morgan fingerprint density at radius 3 is 3.00 bits per heavy atom. The third-order valence-corrected chi connectivity index (χ3v) is 3.26. The Morgan fingerprint density at radius 2 is 2.39 bits per heavy atom. The summed E-state index contributed by atoms with van der Waals surface area (Å²) in [6.45, 7) is 0.383. The van der Waals surface area contributed by atoms with E-state index >= 15 is 0 Å². The molecule has 0 bridgehead atoms. The smallest absolute Gasteiger partial charge is 0.315 e. The quantitative estimate of drug-likeness (QED) is 0.837. The van der Waals surface area contributed by atoms with Crippen LogP contribution in [0.4, 0.5) is 4.79 Å². The van der Waals surface area contributed by atoms with Gasteiger partial charge in [-0.25, -0.2) is 4.79 Å². The van der Waals surface area contributed by atoms with Crippen molar-refractivity contribution in [1.82, 2.24) is 10.6 Å². The maximum absolute atomic E-state index is 11.2. The first kappa shape index (κ1) is 11.9. The van der Waals surface area contributed by atoms with Crippen LogP contribution in [0.25, 0.3) is 0 Å². The molecule has 0 aromatic heterocycles. The Hall–Kier alpha value is -1.17. The summed E-state index contributed by atoms with van der Waals surface area (Å²) >= 11 is 12.1. The summed E-state index contributed by atoms with van der Waals surface area (Å²) < 4.78 is 17.9. The lowest BCUT2D eigenvalue weighted by Gasteiger charge is -2.17. The molecular formula is C11H12Cl2N2O3. The third-order valence-electron chi connectivity index (χ3n) is 2.48. The van der Waals surface area contributed by atoms with Gasteiger partial charge in [-0.3, -0.25) is 0 Å². The van der Waals surface area contributed by atoms with E-state index in [-0.39, 0.29) is 35.0 Å². The van der Waals surface area contributed by atoms with Gasteiger partial charge >= 0.3 is 6.03 Å². The van der Waals surface area contributed by atoms with Crippen molar-refractivity contribution >= 4 is 29.2 Å². The Kier molecular flexibility index (Phi) is 3.73. The highest BCUT2D eigenvalue weighted by Gasteiger charge is 2.27. The van der Waals surface area contributed by atoms with E-state index in [2.05, 4.69) is 10.6 Å². The second kappa shape index (κ2) is 5.65. The first-order chi connectivity index (χ1) is 9.04. The van der Waals surface area contributed by atoms with Crippen molar-refractivity contribution in [2.75, 3.05) is 20.4 Å². The molecule has 0 radical (unpaired) electrons. The van der Waals surface area contributed by atoms with Gasteiger partial charge in [-0.15, -0.1) is 0 Å². The van der Waals surface area contributed by atoms with Crippen LogP contribution in [0.1, 0.15) is 13.0 Å². The topological polar surface area (TPSA) is 59.6 Å². The molecular weight excluding hydrogens is 279 g/mol. The van der Waals surface area contributed by atoms with Crippen LogP contribution in [0, 0.1) is 0 Å². The summed E-state index contributed by atoms with van der Waals surface area (Å²) in [6.07, 6.45) is 0. The minimum atomic E-state index is -0.357. The lowest BCUT2D eigenvalue weighted by atomic mass is 10.1. The number of hydrogen-bond donors (Lipinski definition) is 2. The largest absolute Gasteiger partial charge is 0.467 e. The molecule has 1 aliphatic heterocycles. The lowest BCUT2D eigenvalue weighted by molar-refractivity contribution is 0.0502. The zero-order valence-electron chi connectivity index (χ0n) is 10.5. The molecule has 2 amide bonds. The van der Waals surface area contributed by atoms with Crippen molar-refractivity contribution in [3.05, 3.63) is 27.7 Å². The van der Waals surface area contributed by atoms with E-state index in [4.69, 9.17) is 34.0 Å². The molecule has 1 atom stereocenters. The molecule has 1 saturated heterocycles. The molecule has 18 heavy (non-hydrogen) atoms. The Bertz CT molecular complexity index is 513. The van der Waals surface area contributed by atoms with E-state index in [9.17, 15) is 4.79 Å². The summed E-state index contributed by atoms with van der Waals surface area (Å²) in [6, 6.07) is 0.862. The zero-order valence-corrected chi connectivity index (χ0v) is 11.1. The van der Waals surface area contributed by atoms with Crippen LogP contribution in [0.2, 0.25) is 10.0 Å². The SMILES string of the molecule is [2H]c1cc(OCOC)c(C2CNC(=O)N2)c(Cl)c1Cl. The summed E-state index contributed by atoms with van der Waals surface area (Å²) in [5.74, 6) is 0.371. The van der Waals surface area contributed by atoms with Gasteiger partial charge in [0.2, 0.25) is 0 Å². The summed E-state index contributed by atoms with van der Waals surface area (Å²) in [5, 5.41) is 5.66. The van der Waals surface area contributed by atoms with Crippen LogP contribution in [0.5, 0.6) is 5.75 Å². The van der Waals surface area contributed by atoms with E-state index in [0.717, 1.165) is 0 Å². The molecule has 1 fully saturated rings. The maximum atomic E-state index is 11.2. The number of carbonyl (C=O) groups excluding carboxylic acids is 1. The lowest BCUT2D eigenvalue weighted by Crippen LogP contribution is -2.22. The number of methoxy groups -OCH3 is 1. The highest BCUT2D eigenvalue weighted by atomic mass is 35.5. The third kappa shape index (κ3) is 2.63. The molecule has 1 aliphatic rings. The number of carbonyl (C=O) groups is 1. The van der Waals surface area contributed by atoms with Gasteiger partial charge in [0, 0.05) is 19.2 Å². The highest BCUT2D eigenvalue weighted by Crippen LogP contribution is 2.37.